The van der Waals surface area contributed by atoms with E-state index < -0.39 is 0 Å². The first-order valence-corrected chi connectivity index (χ1v) is 9.77. The van der Waals surface area contributed by atoms with Crippen LogP contribution < -0.4 is 0 Å². The molecule has 26 heavy (non-hydrogen) atoms. The van der Waals surface area contributed by atoms with Crippen LogP contribution in [0, 0.1) is 5.82 Å². The highest BCUT2D eigenvalue weighted by molar-refractivity contribution is 5.38. The van der Waals surface area contributed by atoms with Crippen LogP contribution in [0.4, 0.5) is 4.39 Å². The Morgan fingerprint density at radius 1 is 0.731 bits per heavy atom. The van der Waals surface area contributed by atoms with Crippen LogP contribution in [0.25, 0.3) is 0 Å². The maximum Gasteiger partial charge on any atom is 0.123 e. The quantitative estimate of drug-likeness (QED) is 0.527. The Labute approximate surface area is 159 Å². The molecule has 0 amide bonds. The van der Waals surface area contributed by atoms with Gasteiger partial charge in [0.2, 0.25) is 0 Å². The molecule has 0 nitrogen and oxygen atoms in total. The van der Waals surface area contributed by atoms with Gasteiger partial charge in [0.1, 0.15) is 5.82 Å². The van der Waals surface area contributed by atoms with Crippen LogP contribution in [-0.4, -0.2) is 0 Å². The Hall–Kier alpha value is -1.63. The van der Waals surface area contributed by atoms with E-state index in [9.17, 15) is 4.39 Å². The van der Waals surface area contributed by atoms with Gasteiger partial charge in [0.25, 0.3) is 0 Å². The van der Waals surface area contributed by atoms with Crippen molar-refractivity contribution in [1.29, 1.82) is 0 Å². The van der Waals surface area contributed by atoms with E-state index >= 15 is 0 Å². The molecule has 0 unspecified atom stereocenters. The molecular weight excluding hydrogens is 319 g/mol. The fourth-order valence-electron chi connectivity index (χ4n) is 3.56. The summed E-state index contributed by atoms with van der Waals surface area (Å²) < 4.78 is 13.8. The molecule has 0 saturated carbocycles. The van der Waals surface area contributed by atoms with Gasteiger partial charge in [0.05, 0.1) is 0 Å². The van der Waals surface area contributed by atoms with Crippen molar-refractivity contribution in [2.75, 3.05) is 0 Å². The van der Waals surface area contributed by atoms with Crippen molar-refractivity contribution >= 4 is 0 Å². The minimum atomic E-state index is -0.150. The maximum absolute atomic E-state index is 13.8. The predicted molar refractivity (Wildman–Crippen MR) is 112 cm³/mol. The summed E-state index contributed by atoms with van der Waals surface area (Å²) in [6, 6.07) is 14.4. The Morgan fingerprint density at radius 2 is 1.23 bits per heavy atom. The largest absolute Gasteiger partial charge is 0.207 e. The lowest BCUT2D eigenvalue weighted by molar-refractivity contribution is 0.495. The van der Waals surface area contributed by atoms with Crippen molar-refractivity contribution in [3.63, 3.8) is 0 Å². The highest BCUT2D eigenvalue weighted by atomic mass is 19.1. The van der Waals surface area contributed by atoms with Crippen LogP contribution in [0.2, 0.25) is 0 Å². The van der Waals surface area contributed by atoms with Gasteiger partial charge in [-0.25, -0.2) is 4.39 Å². The maximum atomic E-state index is 13.8. The molecule has 0 aliphatic carbocycles. The monoisotopic (exact) mass is 354 g/mol. The minimum Gasteiger partial charge on any atom is -0.207 e. The highest BCUT2D eigenvalue weighted by Crippen LogP contribution is 2.35. The third kappa shape index (κ3) is 4.55. The lowest BCUT2D eigenvalue weighted by Gasteiger charge is -2.31. The molecule has 0 heterocycles. The molecule has 0 atom stereocenters. The van der Waals surface area contributed by atoms with Crippen LogP contribution in [0.3, 0.4) is 0 Å². The predicted octanol–water partition coefficient (Wildman–Crippen LogP) is 7.33. The van der Waals surface area contributed by atoms with E-state index in [-0.39, 0.29) is 22.1 Å². The molecule has 2 rings (SSSR count). The average Bonchev–Trinajstić information content (AvgIpc) is 2.55. The third-order valence-corrected chi connectivity index (χ3v) is 5.84. The molecule has 1 heteroatoms. The Morgan fingerprint density at radius 3 is 1.69 bits per heavy atom. The van der Waals surface area contributed by atoms with Crippen molar-refractivity contribution in [1.82, 2.24) is 0 Å². The molecule has 0 fully saturated rings. The first kappa shape index (κ1) is 20.7. The fourth-order valence-corrected chi connectivity index (χ4v) is 3.56. The zero-order valence-electron chi connectivity index (χ0n) is 17.8. The smallest absolute Gasteiger partial charge is 0.123 e. The second-order valence-electron chi connectivity index (χ2n) is 9.93. The second-order valence-corrected chi connectivity index (χ2v) is 9.93. The van der Waals surface area contributed by atoms with Crippen LogP contribution >= 0.6 is 0 Å². The van der Waals surface area contributed by atoms with E-state index in [1.165, 1.54) is 16.7 Å². The van der Waals surface area contributed by atoms with E-state index in [2.05, 4.69) is 79.7 Å². The number of benzene rings is 2. The van der Waals surface area contributed by atoms with Crippen molar-refractivity contribution in [2.24, 2.45) is 0 Å². The summed E-state index contributed by atoms with van der Waals surface area (Å²) in [4.78, 5) is 0. The Bertz CT molecular complexity index is 743. The normalized spacial score (nSPS) is 13.1. The van der Waals surface area contributed by atoms with Crippen molar-refractivity contribution in [2.45, 2.75) is 84.5 Å². The van der Waals surface area contributed by atoms with Crippen molar-refractivity contribution in [3.8, 4) is 0 Å². The summed E-state index contributed by atoms with van der Waals surface area (Å²) in [5.74, 6) is -0.150. The van der Waals surface area contributed by atoms with Gasteiger partial charge in [0.15, 0.2) is 0 Å². The first-order valence-electron chi connectivity index (χ1n) is 9.77. The summed E-state index contributed by atoms with van der Waals surface area (Å²) in [6.45, 7) is 17.8. The molecule has 0 spiro atoms. The number of hydrogen-bond donors (Lipinski definition) is 0. The SMILES string of the molecule is CCC(C)(C)c1ccc(C(C)(C)Cc2ccc(F)cc2C(C)(C)C)cc1. The summed E-state index contributed by atoms with van der Waals surface area (Å²) in [5.41, 5.74) is 5.19. The van der Waals surface area contributed by atoms with E-state index in [1.54, 1.807) is 12.1 Å². The standard InChI is InChI=1S/C25H35F/c1-9-24(5,6)19-11-13-20(14-12-19)25(7,8)17-18-10-15-21(26)16-22(18)23(2,3)4/h10-16H,9,17H2,1-8H3. The lowest BCUT2D eigenvalue weighted by atomic mass is 9.74. The van der Waals surface area contributed by atoms with Crippen LogP contribution in [0.1, 0.15) is 84.1 Å². The first-order chi connectivity index (χ1) is 11.9. The van der Waals surface area contributed by atoms with E-state index in [0.29, 0.717) is 0 Å². The summed E-state index contributed by atoms with van der Waals surface area (Å²) >= 11 is 0. The zero-order valence-corrected chi connectivity index (χ0v) is 17.8. The second kappa shape index (κ2) is 7.18. The molecule has 0 aliphatic heterocycles. The third-order valence-electron chi connectivity index (χ3n) is 5.84. The Kier molecular flexibility index (Phi) is 5.71. The van der Waals surface area contributed by atoms with Gasteiger partial charge in [-0.1, -0.05) is 85.7 Å². The van der Waals surface area contributed by atoms with Gasteiger partial charge in [-0.3, -0.25) is 0 Å². The van der Waals surface area contributed by atoms with Crippen molar-refractivity contribution < 1.29 is 4.39 Å². The topological polar surface area (TPSA) is 0 Å². The molecule has 0 saturated heterocycles. The van der Waals surface area contributed by atoms with Crippen molar-refractivity contribution in [3.05, 3.63) is 70.5 Å². The van der Waals surface area contributed by atoms with Crippen LogP contribution in [0.15, 0.2) is 42.5 Å². The number of rotatable bonds is 5. The van der Waals surface area contributed by atoms with Crippen LogP contribution in [0.5, 0.6) is 0 Å². The zero-order chi connectivity index (χ0) is 19.8. The van der Waals surface area contributed by atoms with Gasteiger partial charge in [-0.15, -0.1) is 0 Å². The van der Waals surface area contributed by atoms with E-state index in [0.717, 1.165) is 18.4 Å². The lowest BCUT2D eigenvalue weighted by Crippen LogP contribution is -2.24. The molecule has 0 bridgehead atoms. The van der Waals surface area contributed by atoms with Gasteiger partial charge in [-0.2, -0.15) is 0 Å². The van der Waals surface area contributed by atoms with Gasteiger partial charge >= 0.3 is 0 Å². The fraction of sp³-hybridized carbons (Fsp3) is 0.520. The van der Waals surface area contributed by atoms with Gasteiger partial charge in [-0.05, 0) is 63.5 Å². The Balaban J connectivity index is 2.35. The molecule has 0 aliphatic rings. The summed E-state index contributed by atoms with van der Waals surface area (Å²) in [6.07, 6.45) is 2.02. The molecule has 2 aromatic carbocycles. The highest BCUT2D eigenvalue weighted by Gasteiger charge is 2.27. The van der Waals surface area contributed by atoms with E-state index in [1.807, 2.05) is 6.07 Å². The summed E-state index contributed by atoms with van der Waals surface area (Å²) in [5, 5.41) is 0. The van der Waals surface area contributed by atoms with E-state index in [4.69, 9.17) is 0 Å². The average molecular weight is 355 g/mol. The molecule has 142 valence electrons. The van der Waals surface area contributed by atoms with Gasteiger partial charge < -0.3 is 0 Å². The molecular formula is C25H35F. The minimum absolute atomic E-state index is 0.00723. The summed E-state index contributed by atoms with van der Waals surface area (Å²) in [7, 11) is 0. The van der Waals surface area contributed by atoms with Crippen LogP contribution in [-0.2, 0) is 22.7 Å². The molecule has 0 aromatic heterocycles. The van der Waals surface area contributed by atoms with Gasteiger partial charge in [0, 0.05) is 0 Å². The molecule has 0 radical (unpaired) electrons. The molecule has 0 N–H and O–H groups in total. The number of halogens is 1. The molecule has 2 aromatic rings. The number of hydrogen-bond acceptors (Lipinski definition) is 0.